The number of nitrogens with one attached hydrogen (secondary N) is 1. The number of hydrogen-bond donors (Lipinski definition) is 1. The van der Waals surface area contributed by atoms with Crippen molar-refractivity contribution in [2.45, 2.75) is 31.6 Å². The van der Waals surface area contributed by atoms with Gasteiger partial charge >= 0.3 is 0 Å². The molecule has 2 aliphatic heterocycles. The largest absolute Gasteiger partial charge is 0.493 e. The zero-order chi connectivity index (χ0) is 29.1. The number of hydrogen-bond acceptors (Lipinski definition) is 6. The van der Waals surface area contributed by atoms with Crippen molar-refractivity contribution < 1.29 is 14.3 Å². The van der Waals surface area contributed by atoms with Gasteiger partial charge in [0.2, 0.25) is 5.95 Å². The molecule has 1 aromatic heterocycles. The Morgan fingerprint density at radius 3 is 2.55 bits per heavy atom. The molecule has 4 aromatic rings. The number of benzene rings is 3. The molecule has 42 heavy (non-hydrogen) atoms. The molecule has 1 unspecified atom stereocenters. The van der Waals surface area contributed by atoms with E-state index in [2.05, 4.69) is 57.2 Å². The summed E-state index contributed by atoms with van der Waals surface area (Å²) in [5.74, 6) is 2.28. The van der Waals surface area contributed by atoms with Gasteiger partial charge < -0.3 is 29.2 Å². The summed E-state index contributed by atoms with van der Waals surface area (Å²) >= 11 is 0. The second-order valence-electron chi connectivity index (χ2n) is 11.7. The minimum atomic E-state index is -0.0761. The average Bonchev–Trinajstić information content (AvgIpc) is 3.59. The van der Waals surface area contributed by atoms with E-state index in [0.29, 0.717) is 23.6 Å². The number of fused-ring (bicyclic) bond motifs is 1. The van der Waals surface area contributed by atoms with E-state index >= 15 is 0 Å². The predicted molar refractivity (Wildman–Crippen MR) is 167 cm³/mol. The van der Waals surface area contributed by atoms with Crippen molar-refractivity contribution in [2.24, 2.45) is 0 Å². The van der Waals surface area contributed by atoms with Gasteiger partial charge in [-0.15, -0.1) is 0 Å². The number of anilines is 1. The van der Waals surface area contributed by atoms with Crippen molar-refractivity contribution >= 4 is 22.9 Å². The highest BCUT2D eigenvalue weighted by molar-refractivity contribution is 5.95. The maximum absolute atomic E-state index is 13.8. The fourth-order valence-electron chi connectivity index (χ4n) is 6.75. The third-order valence-corrected chi connectivity index (χ3v) is 9.11. The highest BCUT2D eigenvalue weighted by atomic mass is 16.5. The molecule has 3 heterocycles. The molecule has 8 heteroatoms. The van der Waals surface area contributed by atoms with Crippen LogP contribution in [0.25, 0.3) is 11.0 Å². The molecule has 1 N–H and O–H groups in total. The summed E-state index contributed by atoms with van der Waals surface area (Å²) in [7, 11) is 3.24. The van der Waals surface area contributed by atoms with Crippen molar-refractivity contribution in [3.63, 3.8) is 0 Å². The van der Waals surface area contributed by atoms with Gasteiger partial charge in [-0.2, -0.15) is 0 Å². The molecule has 0 spiro atoms. The molecular formula is C34H41N5O3. The first-order chi connectivity index (χ1) is 20.5. The Bertz CT molecular complexity index is 1500. The van der Waals surface area contributed by atoms with Crippen LogP contribution in [0.1, 0.15) is 40.7 Å². The maximum Gasteiger partial charge on any atom is 0.254 e. The van der Waals surface area contributed by atoms with Crippen LogP contribution in [-0.4, -0.2) is 85.7 Å². The van der Waals surface area contributed by atoms with Crippen LogP contribution in [0, 0.1) is 6.92 Å². The monoisotopic (exact) mass is 567 g/mol. The Kier molecular flexibility index (Phi) is 8.07. The third kappa shape index (κ3) is 5.55. The second-order valence-corrected chi connectivity index (χ2v) is 11.7. The lowest BCUT2D eigenvalue weighted by Gasteiger charge is -2.33. The number of carbonyl (C=O) groups is 1. The summed E-state index contributed by atoms with van der Waals surface area (Å²) in [5, 5.41) is 0. The zero-order valence-corrected chi connectivity index (χ0v) is 24.9. The molecule has 1 atom stereocenters. The molecule has 0 bridgehead atoms. The summed E-state index contributed by atoms with van der Waals surface area (Å²) in [5.41, 5.74) is 4.89. The first-order valence-electron chi connectivity index (χ1n) is 15.0. The average molecular weight is 568 g/mol. The van der Waals surface area contributed by atoms with Crippen LogP contribution in [0.2, 0.25) is 0 Å². The van der Waals surface area contributed by atoms with E-state index in [1.807, 2.05) is 36.1 Å². The molecule has 3 aromatic carbocycles. The Morgan fingerprint density at radius 1 is 0.952 bits per heavy atom. The van der Waals surface area contributed by atoms with E-state index < -0.39 is 0 Å². The van der Waals surface area contributed by atoms with Gasteiger partial charge in [-0.1, -0.05) is 42.5 Å². The lowest BCUT2D eigenvalue weighted by atomic mass is 9.76. The topological polar surface area (TPSA) is 73.9 Å². The van der Waals surface area contributed by atoms with Crippen molar-refractivity contribution in [2.75, 3.05) is 64.9 Å². The van der Waals surface area contributed by atoms with Gasteiger partial charge in [0.05, 0.1) is 25.3 Å². The zero-order valence-electron chi connectivity index (χ0n) is 24.9. The van der Waals surface area contributed by atoms with Crippen LogP contribution < -0.4 is 14.4 Å². The summed E-state index contributed by atoms with van der Waals surface area (Å²) < 4.78 is 11.0. The number of aryl methyl sites for hydroxylation is 1. The fraction of sp³-hybridized carbons (Fsp3) is 0.412. The van der Waals surface area contributed by atoms with E-state index in [1.165, 1.54) is 5.56 Å². The van der Waals surface area contributed by atoms with Crippen LogP contribution >= 0.6 is 0 Å². The fourth-order valence-corrected chi connectivity index (χ4v) is 6.75. The van der Waals surface area contributed by atoms with Crippen LogP contribution in [0.4, 0.5) is 5.95 Å². The smallest absolute Gasteiger partial charge is 0.254 e. The third-order valence-electron chi connectivity index (χ3n) is 9.11. The SMILES string of the molecule is COc1cc(C(=O)N2CCC(CCN3CCCN(c4nc5ccccc5[nH]4)CC3)(c3ccccc3)C2)cc(C)c1OC. The van der Waals surface area contributed by atoms with Gasteiger partial charge in [-0.25, -0.2) is 4.98 Å². The van der Waals surface area contributed by atoms with E-state index in [1.54, 1.807) is 14.2 Å². The molecule has 6 rings (SSSR count). The van der Waals surface area contributed by atoms with Gasteiger partial charge in [-0.3, -0.25) is 4.79 Å². The number of ether oxygens (including phenoxy) is 2. The van der Waals surface area contributed by atoms with E-state index in [0.717, 1.165) is 81.1 Å². The number of rotatable bonds is 8. The van der Waals surface area contributed by atoms with Gasteiger partial charge in [0.1, 0.15) is 0 Å². The molecule has 2 fully saturated rings. The molecule has 2 aliphatic rings. The summed E-state index contributed by atoms with van der Waals surface area (Å²) in [6.45, 7) is 8.40. The molecule has 2 saturated heterocycles. The molecule has 8 nitrogen and oxygen atoms in total. The molecule has 220 valence electrons. The van der Waals surface area contributed by atoms with E-state index in [9.17, 15) is 4.79 Å². The predicted octanol–water partition coefficient (Wildman–Crippen LogP) is 5.27. The first-order valence-corrected chi connectivity index (χ1v) is 15.0. The number of aromatic nitrogens is 2. The minimum Gasteiger partial charge on any atom is -0.493 e. The van der Waals surface area contributed by atoms with Gasteiger partial charge in [-0.05, 0) is 74.7 Å². The minimum absolute atomic E-state index is 0.0492. The molecular weight excluding hydrogens is 526 g/mol. The number of imidazole rings is 1. The summed E-state index contributed by atoms with van der Waals surface area (Å²) in [6, 6.07) is 22.7. The molecule has 0 aliphatic carbocycles. The highest BCUT2D eigenvalue weighted by Crippen LogP contribution is 2.39. The number of likely N-dealkylation sites (tertiary alicyclic amines) is 1. The van der Waals surface area contributed by atoms with Crippen molar-refractivity contribution in [3.8, 4) is 11.5 Å². The Balaban J connectivity index is 1.15. The number of aromatic amines is 1. The normalized spacial score (nSPS) is 19.7. The number of methoxy groups -OCH3 is 2. The van der Waals surface area contributed by atoms with Crippen molar-refractivity contribution in [1.82, 2.24) is 19.8 Å². The number of nitrogens with zero attached hydrogens (tertiary/aromatic N) is 4. The quantitative estimate of drug-likeness (QED) is 0.313. The number of para-hydroxylation sites is 2. The van der Waals surface area contributed by atoms with Gasteiger partial charge in [0.15, 0.2) is 11.5 Å². The standard InChI is InChI=1S/C34H41N5O3/c1-25-22-26(23-30(41-2)31(25)42-3)32(40)39-19-15-34(24-39,27-10-5-4-6-11-27)14-18-37-16-9-17-38(21-20-37)33-35-28-12-7-8-13-29(28)36-33/h4-8,10-13,22-23H,9,14-21,24H2,1-3H3,(H,35,36). The van der Waals surface area contributed by atoms with E-state index in [4.69, 9.17) is 14.5 Å². The summed E-state index contributed by atoms with van der Waals surface area (Å²) in [6.07, 6.45) is 3.06. The molecule has 0 radical (unpaired) electrons. The van der Waals surface area contributed by atoms with Crippen LogP contribution in [0.15, 0.2) is 66.7 Å². The Hall–Kier alpha value is -4.04. The van der Waals surface area contributed by atoms with Gasteiger partial charge in [0, 0.05) is 43.7 Å². The van der Waals surface area contributed by atoms with Crippen LogP contribution in [-0.2, 0) is 5.41 Å². The maximum atomic E-state index is 13.8. The number of carbonyl (C=O) groups excluding carboxylic acids is 1. The first kappa shape index (κ1) is 28.1. The lowest BCUT2D eigenvalue weighted by molar-refractivity contribution is 0.0780. The number of amides is 1. The van der Waals surface area contributed by atoms with E-state index in [-0.39, 0.29) is 11.3 Å². The highest BCUT2D eigenvalue weighted by Gasteiger charge is 2.41. The lowest BCUT2D eigenvalue weighted by Crippen LogP contribution is -2.39. The van der Waals surface area contributed by atoms with Crippen LogP contribution in [0.3, 0.4) is 0 Å². The number of H-pyrrole nitrogens is 1. The summed E-state index contributed by atoms with van der Waals surface area (Å²) in [4.78, 5) is 29.1. The van der Waals surface area contributed by atoms with Crippen molar-refractivity contribution in [3.05, 3.63) is 83.4 Å². The molecule has 1 amide bonds. The Morgan fingerprint density at radius 2 is 1.76 bits per heavy atom. The molecule has 0 saturated carbocycles. The van der Waals surface area contributed by atoms with Gasteiger partial charge in [0.25, 0.3) is 5.91 Å². The second kappa shape index (κ2) is 12.1. The van der Waals surface area contributed by atoms with Crippen molar-refractivity contribution in [1.29, 1.82) is 0 Å². The Labute approximate surface area is 248 Å². The van der Waals surface area contributed by atoms with Crippen LogP contribution in [0.5, 0.6) is 11.5 Å².